The summed E-state index contributed by atoms with van der Waals surface area (Å²) in [6.07, 6.45) is 19.7. The van der Waals surface area contributed by atoms with E-state index < -0.39 is 45.8 Å². The first-order valence-electron chi connectivity index (χ1n) is 12.0. The lowest BCUT2D eigenvalue weighted by Crippen LogP contribution is -2.24. The van der Waals surface area contributed by atoms with Gasteiger partial charge in [0.15, 0.2) is 0 Å². The molecule has 0 bridgehead atoms. The molecule has 4 N–H and O–H groups in total. The van der Waals surface area contributed by atoms with Crippen molar-refractivity contribution in [3.05, 3.63) is 36.5 Å². The normalized spacial score (nSPS) is 15.8. The molecular formula is C24H43O9P. The first-order valence-corrected chi connectivity index (χ1v) is 13.5. The minimum Gasteiger partial charge on any atom is -0.463 e. The number of phosphoric acid groups is 1. The molecule has 0 fully saturated rings. The van der Waals surface area contributed by atoms with E-state index in [1.807, 2.05) is 0 Å². The van der Waals surface area contributed by atoms with Crippen molar-refractivity contribution >= 4 is 13.8 Å². The minimum atomic E-state index is -4.49. The topological polar surface area (TPSA) is 143 Å². The van der Waals surface area contributed by atoms with E-state index in [1.165, 1.54) is 19.3 Å². The van der Waals surface area contributed by atoms with Crippen LogP contribution in [0.15, 0.2) is 36.5 Å². The van der Waals surface area contributed by atoms with Gasteiger partial charge in [-0.2, -0.15) is 0 Å². The largest absolute Gasteiger partial charge is 0.472 e. The number of esters is 1. The maximum atomic E-state index is 11.7. The Balaban J connectivity index is 3.71. The predicted octanol–water partition coefficient (Wildman–Crippen LogP) is 3.97. The Labute approximate surface area is 203 Å². The van der Waals surface area contributed by atoms with E-state index in [1.54, 1.807) is 0 Å². The minimum absolute atomic E-state index is 0.215. The van der Waals surface area contributed by atoms with Crippen molar-refractivity contribution in [2.45, 2.75) is 83.3 Å². The molecule has 0 heterocycles. The number of hydrogen-bond donors (Lipinski definition) is 4. The van der Waals surface area contributed by atoms with E-state index in [-0.39, 0.29) is 13.0 Å². The molecule has 0 saturated heterocycles. The molecule has 0 aromatic carbocycles. The molecule has 9 nitrogen and oxygen atoms in total. The van der Waals surface area contributed by atoms with Gasteiger partial charge in [-0.05, 0) is 44.9 Å². The van der Waals surface area contributed by atoms with Crippen LogP contribution >= 0.6 is 7.82 Å². The number of unbranched alkanes of at least 4 members (excludes halogenated alkanes) is 5. The number of carbonyl (C=O) groups excluding carboxylic acids is 1. The fourth-order valence-electron chi connectivity index (χ4n) is 2.58. The van der Waals surface area contributed by atoms with Crippen LogP contribution in [0.5, 0.6) is 0 Å². The molecule has 0 aliphatic heterocycles. The smallest absolute Gasteiger partial charge is 0.463 e. The summed E-state index contributed by atoms with van der Waals surface area (Å²) in [5.74, 6) is -0.469. The van der Waals surface area contributed by atoms with Crippen LogP contribution < -0.4 is 0 Å². The van der Waals surface area contributed by atoms with Gasteiger partial charge in [-0.15, -0.1) is 0 Å². The summed E-state index contributed by atoms with van der Waals surface area (Å²) in [7, 11) is -4.49. The molecule has 0 aliphatic carbocycles. The van der Waals surface area contributed by atoms with Gasteiger partial charge in [0.25, 0.3) is 0 Å². The Bertz CT molecular complexity index is 634. The zero-order valence-corrected chi connectivity index (χ0v) is 21.2. The quantitative estimate of drug-likeness (QED) is 0.0742. The highest BCUT2D eigenvalue weighted by atomic mass is 31.2. The average molecular weight is 507 g/mol. The first-order chi connectivity index (χ1) is 16.3. The lowest BCUT2D eigenvalue weighted by atomic mass is 10.1. The number of phosphoric ester groups is 1. The summed E-state index contributed by atoms with van der Waals surface area (Å²) in [5.41, 5.74) is 0. The van der Waals surface area contributed by atoms with Crippen LogP contribution in [0.3, 0.4) is 0 Å². The summed E-state index contributed by atoms with van der Waals surface area (Å²) in [6, 6.07) is 0. The summed E-state index contributed by atoms with van der Waals surface area (Å²) in [4.78, 5) is 21.1. The highest BCUT2D eigenvalue weighted by Crippen LogP contribution is 2.43. The van der Waals surface area contributed by atoms with Crippen LogP contribution in [-0.2, 0) is 23.1 Å². The molecule has 34 heavy (non-hydrogen) atoms. The van der Waals surface area contributed by atoms with Crippen molar-refractivity contribution in [1.29, 1.82) is 0 Å². The number of aliphatic hydroxyl groups is 3. The zero-order chi connectivity index (χ0) is 25.5. The second kappa shape index (κ2) is 22.2. The van der Waals surface area contributed by atoms with Crippen LogP contribution in [0.2, 0.25) is 0 Å². The van der Waals surface area contributed by atoms with Crippen LogP contribution in [-0.4, -0.2) is 64.8 Å². The Hall–Kier alpha value is -1.32. The van der Waals surface area contributed by atoms with E-state index in [0.717, 1.165) is 32.1 Å². The number of ether oxygens (including phenoxy) is 1. The maximum absolute atomic E-state index is 11.7. The molecule has 3 atom stereocenters. The van der Waals surface area contributed by atoms with Crippen molar-refractivity contribution in [3.8, 4) is 0 Å². The molecule has 10 heteroatoms. The highest BCUT2D eigenvalue weighted by Gasteiger charge is 2.24. The molecule has 198 valence electrons. The summed E-state index contributed by atoms with van der Waals surface area (Å²) < 4.78 is 25.4. The Morgan fingerprint density at radius 1 is 0.824 bits per heavy atom. The van der Waals surface area contributed by atoms with Gasteiger partial charge in [-0.1, -0.05) is 56.2 Å². The SMILES string of the molecule is CCCCC/C=C\C/C=C\C/C=C\CCCCC(=O)OC[C@@H](O)COP(=O)(O)OC[C@@H](O)CO. The van der Waals surface area contributed by atoms with Crippen molar-refractivity contribution in [2.24, 2.45) is 0 Å². The number of hydrogen-bond acceptors (Lipinski definition) is 8. The van der Waals surface area contributed by atoms with Gasteiger partial charge in [0.2, 0.25) is 0 Å². The third-order valence-electron chi connectivity index (χ3n) is 4.53. The van der Waals surface area contributed by atoms with Crippen LogP contribution in [0, 0.1) is 0 Å². The van der Waals surface area contributed by atoms with E-state index >= 15 is 0 Å². The fraction of sp³-hybridized carbons (Fsp3) is 0.708. The fourth-order valence-corrected chi connectivity index (χ4v) is 3.38. The lowest BCUT2D eigenvalue weighted by molar-refractivity contribution is -0.147. The molecule has 0 aromatic rings. The lowest BCUT2D eigenvalue weighted by Gasteiger charge is -2.16. The van der Waals surface area contributed by atoms with E-state index in [9.17, 15) is 19.4 Å². The van der Waals surface area contributed by atoms with Gasteiger partial charge in [-0.25, -0.2) is 4.57 Å². The molecule has 0 rings (SSSR count). The third kappa shape index (κ3) is 22.5. The van der Waals surface area contributed by atoms with Gasteiger partial charge >= 0.3 is 13.8 Å². The average Bonchev–Trinajstić information content (AvgIpc) is 2.82. The Morgan fingerprint density at radius 2 is 1.35 bits per heavy atom. The van der Waals surface area contributed by atoms with Gasteiger partial charge in [0, 0.05) is 6.42 Å². The van der Waals surface area contributed by atoms with Crippen molar-refractivity contribution in [3.63, 3.8) is 0 Å². The monoisotopic (exact) mass is 506 g/mol. The molecule has 0 radical (unpaired) electrons. The van der Waals surface area contributed by atoms with Gasteiger partial charge in [0.1, 0.15) is 18.8 Å². The molecule has 1 unspecified atom stereocenters. The van der Waals surface area contributed by atoms with Crippen molar-refractivity contribution in [1.82, 2.24) is 0 Å². The van der Waals surface area contributed by atoms with Crippen molar-refractivity contribution in [2.75, 3.05) is 26.4 Å². The third-order valence-corrected chi connectivity index (χ3v) is 5.48. The van der Waals surface area contributed by atoms with Gasteiger partial charge in [-0.3, -0.25) is 13.8 Å². The Kier molecular flexibility index (Phi) is 21.3. The molecule has 0 aliphatic rings. The molecule has 0 amide bonds. The van der Waals surface area contributed by atoms with Gasteiger partial charge in [0.05, 0.1) is 19.8 Å². The molecule has 0 saturated carbocycles. The summed E-state index contributed by atoms with van der Waals surface area (Å²) >= 11 is 0. The standard InChI is InChI=1S/C24H43O9P/c1-2-3-4-5-6-7-8-9-10-11-12-13-14-15-16-17-24(28)31-19-23(27)21-33-34(29,30)32-20-22(26)18-25/h6-7,9-10,12-13,22-23,25-27H,2-5,8,11,14-21H2,1H3,(H,29,30)/b7-6-,10-9-,13-12-/t22-,23+/m0/s1. The van der Waals surface area contributed by atoms with E-state index in [4.69, 9.17) is 14.9 Å². The Morgan fingerprint density at radius 3 is 1.91 bits per heavy atom. The number of rotatable bonds is 22. The molecule has 0 spiro atoms. The predicted molar refractivity (Wildman–Crippen MR) is 131 cm³/mol. The maximum Gasteiger partial charge on any atom is 0.472 e. The second-order valence-electron chi connectivity index (χ2n) is 7.86. The van der Waals surface area contributed by atoms with Crippen LogP contribution in [0.1, 0.15) is 71.1 Å². The highest BCUT2D eigenvalue weighted by molar-refractivity contribution is 7.47. The number of allylic oxidation sites excluding steroid dienone is 6. The zero-order valence-electron chi connectivity index (χ0n) is 20.3. The van der Waals surface area contributed by atoms with E-state index in [2.05, 4.69) is 52.4 Å². The second-order valence-corrected chi connectivity index (χ2v) is 9.31. The first kappa shape index (κ1) is 32.7. The van der Waals surface area contributed by atoms with Crippen molar-refractivity contribution < 1.29 is 43.4 Å². The molecular weight excluding hydrogens is 463 g/mol. The van der Waals surface area contributed by atoms with Crippen LogP contribution in [0.4, 0.5) is 0 Å². The number of aliphatic hydroxyl groups excluding tert-OH is 3. The molecule has 0 aromatic heterocycles. The number of carbonyl (C=O) groups is 1. The van der Waals surface area contributed by atoms with Crippen LogP contribution in [0.25, 0.3) is 0 Å². The van der Waals surface area contributed by atoms with E-state index in [0.29, 0.717) is 6.42 Å². The summed E-state index contributed by atoms with van der Waals surface area (Å²) in [6.45, 7) is 0.00196. The van der Waals surface area contributed by atoms with Gasteiger partial charge < -0.3 is 24.9 Å². The summed E-state index contributed by atoms with van der Waals surface area (Å²) in [5, 5.41) is 27.4.